The molecule has 230 valence electrons. The summed E-state index contributed by atoms with van der Waals surface area (Å²) in [6.45, 7) is 13.0. The predicted octanol–water partition coefficient (Wildman–Crippen LogP) is 4.91. The standard InChI is InChI=1S/C33H39FN8O2/c1-5-17-41-30(43)26-22-35-31(38-29(26)42(41)28-8-6-7-27(37-28)32(3,44)23(2)34)36-24-9-11-25(12-10-24)40-20-15-33(16-21-40)13-18-39(4)19-14-33/h5-12,22,44H,1-2,13-21H2,3-4H3,(H,35,36,38). The molecule has 0 amide bonds. The topological polar surface area (TPSA) is 104 Å². The van der Waals surface area contributed by atoms with E-state index in [9.17, 15) is 14.3 Å². The number of allylic oxidation sites excluding steroid dienone is 1. The number of aromatic nitrogens is 5. The average molecular weight is 599 g/mol. The van der Waals surface area contributed by atoms with E-state index in [0.717, 1.165) is 18.8 Å². The van der Waals surface area contributed by atoms with Crippen LogP contribution in [-0.4, -0.2) is 67.5 Å². The Bertz CT molecular complexity index is 1740. The fourth-order valence-electron chi connectivity index (χ4n) is 6.28. The molecule has 0 saturated carbocycles. The van der Waals surface area contributed by atoms with Gasteiger partial charge in [-0.25, -0.2) is 23.7 Å². The fraction of sp³-hybridized carbons (Fsp3) is 0.394. The van der Waals surface area contributed by atoms with Crippen LogP contribution < -0.4 is 15.8 Å². The molecule has 2 fully saturated rings. The third kappa shape index (κ3) is 5.53. The Kier molecular flexibility index (Phi) is 7.85. The number of piperidine rings is 2. The van der Waals surface area contributed by atoms with E-state index in [-0.39, 0.29) is 29.0 Å². The number of pyridine rings is 1. The highest BCUT2D eigenvalue weighted by molar-refractivity contribution is 5.77. The molecule has 1 aromatic carbocycles. The van der Waals surface area contributed by atoms with Crippen molar-refractivity contribution in [3.8, 4) is 5.82 Å². The van der Waals surface area contributed by atoms with Crippen LogP contribution in [0.1, 0.15) is 38.3 Å². The highest BCUT2D eigenvalue weighted by Gasteiger charge is 2.37. The van der Waals surface area contributed by atoms with Crippen molar-refractivity contribution in [3.05, 3.63) is 89.8 Å². The molecule has 5 heterocycles. The second-order valence-electron chi connectivity index (χ2n) is 12.2. The summed E-state index contributed by atoms with van der Waals surface area (Å²) in [6, 6.07) is 13.0. The number of halogens is 1. The lowest BCUT2D eigenvalue weighted by Gasteiger charge is -2.46. The van der Waals surface area contributed by atoms with Gasteiger partial charge >= 0.3 is 0 Å². The van der Waals surface area contributed by atoms with Crippen LogP contribution in [0.4, 0.5) is 21.7 Å². The Morgan fingerprint density at radius 1 is 1.09 bits per heavy atom. The SMILES string of the molecule is C=CCn1c(=O)c2cnc(Nc3ccc(N4CCC5(CCN(C)CC5)CC4)cc3)nc2n1-c1cccc(C(C)(O)C(=C)F)n1. The van der Waals surface area contributed by atoms with Crippen LogP contribution in [0.25, 0.3) is 16.9 Å². The average Bonchev–Trinajstić information content (AvgIpc) is 3.30. The van der Waals surface area contributed by atoms with Gasteiger partial charge in [0, 0.05) is 30.7 Å². The van der Waals surface area contributed by atoms with Crippen molar-refractivity contribution in [2.45, 2.75) is 44.8 Å². The number of benzene rings is 1. The number of anilines is 3. The van der Waals surface area contributed by atoms with Crippen LogP contribution >= 0.6 is 0 Å². The van der Waals surface area contributed by atoms with Gasteiger partial charge in [-0.2, -0.15) is 4.98 Å². The minimum Gasteiger partial charge on any atom is -0.377 e. The first-order chi connectivity index (χ1) is 21.1. The summed E-state index contributed by atoms with van der Waals surface area (Å²) < 4.78 is 17.0. The highest BCUT2D eigenvalue weighted by atomic mass is 19.1. The first-order valence-electron chi connectivity index (χ1n) is 15.1. The molecule has 1 unspecified atom stereocenters. The largest absolute Gasteiger partial charge is 0.377 e. The number of nitrogens with zero attached hydrogens (tertiary/aromatic N) is 7. The Labute approximate surface area is 256 Å². The summed E-state index contributed by atoms with van der Waals surface area (Å²) in [6.07, 6.45) is 8.13. The lowest BCUT2D eigenvalue weighted by molar-refractivity contribution is 0.0683. The lowest BCUT2D eigenvalue weighted by Crippen LogP contribution is -2.46. The molecule has 3 aromatic heterocycles. The van der Waals surface area contributed by atoms with Crippen molar-refractivity contribution in [2.75, 3.05) is 43.4 Å². The Morgan fingerprint density at radius 3 is 2.43 bits per heavy atom. The highest BCUT2D eigenvalue weighted by Crippen LogP contribution is 2.42. The first-order valence-corrected chi connectivity index (χ1v) is 15.1. The van der Waals surface area contributed by atoms with Crippen molar-refractivity contribution >= 4 is 28.4 Å². The molecule has 4 aromatic rings. The first kappa shape index (κ1) is 29.7. The summed E-state index contributed by atoms with van der Waals surface area (Å²) in [5, 5.41) is 14.2. The van der Waals surface area contributed by atoms with Crippen molar-refractivity contribution in [1.82, 2.24) is 29.2 Å². The summed E-state index contributed by atoms with van der Waals surface area (Å²) in [5.41, 5.74) is 0.543. The second-order valence-corrected chi connectivity index (χ2v) is 12.2. The van der Waals surface area contributed by atoms with Gasteiger partial charge in [-0.15, -0.1) is 6.58 Å². The van der Waals surface area contributed by atoms with Crippen molar-refractivity contribution in [3.63, 3.8) is 0 Å². The molecule has 2 aliphatic heterocycles. The number of likely N-dealkylation sites (tertiary alicyclic amines) is 1. The van der Waals surface area contributed by atoms with Crippen molar-refractivity contribution in [1.29, 1.82) is 0 Å². The zero-order chi connectivity index (χ0) is 31.1. The summed E-state index contributed by atoms with van der Waals surface area (Å²) in [7, 11) is 2.22. The number of nitrogens with one attached hydrogen (secondary N) is 1. The van der Waals surface area contributed by atoms with Crippen LogP contribution in [0.15, 0.2) is 78.5 Å². The maximum atomic E-state index is 14.0. The monoisotopic (exact) mass is 598 g/mol. The van der Waals surface area contributed by atoms with E-state index < -0.39 is 11.4 Å². The Balaban J connectivity index is 1.25. The summed E-state index contributed by atoms with van der Waals surface area (Å²) in [5.74, 6) is -0.364. The summed E-state index contributed by atoms with van der Waals surface area (Å²) >= 11 is 0. The lowest BCUT2D eigenvalue weighted by atomic mass is 9.71. The maximum Gasteiger partial charge on any atom is 0.278 e. The van der Waals surface area contributed by atoms with Crippen molar-refractivity contribution < 1.29 is 9.50 Å². The Morgan fingerprint density at radius 2 is 1.77 bits per heavy atom. The quantitative estimate of drug-likeness (QED) is 0.276. The molecule has 0 aliphatic carbocycles. The van der Waals surface area contributed by atoms with E-state index in [2.05, 4.69) is 62.4 Å². The van der Waals surface area contributed by atoms with Crippen LogP contribution in [0.3, 0.4) is 0 Å². The van der Waals surface area contributed by atoms with E-state index in [1.165, 1.54) is 73.0 Å². The van der Waals surface area contributed by atoms with Crippen LogP contribution in [0, 0.1) is 5.41 Å². The van der Waals surface area contributed by atoms with Gasteiger partial charge in [-0.05, 0) is 94.6 Å². The predicted molar refractivity (Wildman–Crippen MR) is 171 cm³/mol. The number of rotatable bonds is 8. The molecule has 44 heavy (non-hydrogen) atoms. The minimum atomic E-state index is -2.00. The molecule has 10 nitrogen and oxygen atoms in total. The second kappa shape index (κ2) is 11.6. The number of fused-ring (bicyclic) bond motifs is 1. The normalized spacial score (nSPS) is 18.3. The maximum absolute atomic E-state index is 14.0. The molecule has 2 aliphatic rings. The molecule has 2 saturated heterocycles. The van der Waals surface area contributed by atoms with E-state index in [1.54, 1.807) is 18.2 Å². The molecule has 0 radical (unpaired) electrons. The molecule has 1 atom stereocenters. The van der Waals surface area contributed by atoms with Gasteiger partial charge in [0.1, 0.15) is 11.2 Å². The van der Waals surface area contributed by atoms with Gasteiger partial charge < -0.3 is 20.2 Å². The molecular weight excluding hydrogens is 559 g/mol. The van der Waals surface area contributed by atoms with Gasteiger partial charge in [0.25, 0.3) is 5.56 Å². The van der Waals surface area contributed by atoms with Gasteiger partial charge in [-0.1, -0.05) is 18.7 Å². The van der Waals surface area contributed by atoms with Gasteiger partial charge in [0.15, 0.2) is 17.1 Å². The molecule has 2 N–H and O–H groups in total. The fourth-order valence-corrected chi connectivity index (χ4v) is 6.28. The van der Waals surface area contributed by atoms with Crippen LogP contribution in [-0.2, 0) is 12.1 Å². The molecular formula is C33H39FN8O2. The third-order valence-electron chi connectivity index (χ3n) is 9.32. The van der Waals surface area contributed by atoms with Crippen LogP contribution in [0.5, 0.6) is 0 Å². The number of hydrogen-bond donors (Lipinski definition) is 2. The van der Waals surface area contributed by atoms with E-state index >= 15 is 0 Å². The number of hydrogen-bond acceptors (Lipinski definition) is 8. The third-order valence-corrected chi connectivity index (χ3v) is 9.32. The van der Waals surface area contributed by atoms with Gasteiger partial charge in [-0.3, -0.25) is 4.79 Å². The molecule has 1 spiro atoms. The number of aliphatic hydroxyl groups is 1. The summed E-state index contributed by atoms with van der Waals surface area (Å²) in [4.78, 5) is 31.8. The van der Waals surface area contributed by atoms with E-state index in [1.807, 2.05) is 12.1 Å². The zero-order valence-corrected chi connectivity index (χ0v) is 25.3. The molecule has 11 heteroatoms. The molecule has 6 rings (SSSR count). The zero-order valence-electron chi connectivity index (χ0n) is 25.3. The minimum absolute atomic E-state index is 0.0460. The van der Waals surface area contributed by atoms with Gasteiger partial charge in [0.2, 0.25) is 5.95 Å². The van der Waals surface area contributed by atoms with Crippen LogP contribution in [0.2, 0.25) is 0 Å². The smallest absolute Gasteiger partial charge is 0.278 e. The van der Waals surface area contributed by atoms with Crippen molar-refractivity contribution in [2.24, 2.45) is 5.41 Å². The molecule has 0 bridgehead atoms. The van der Waals surface area contributed by atoms with E-state index in [4.69, 9.17) is 0 Å². The Hall–Kier alpha value is -4.35. The van der Waals surface area contributed by atoms with Gasteiger partial charge in [0.05, 0.1) is 12.2 Å². The van der Waals surface area contributed by atoms with E-state index in [0.29, 0.717) is 17.0 Å².